The summed E-state index contributed by atoms with van der Waals surface area (Å²) in [6, 6.07) is 9.17. The molecular formula is C27H33F3N4O6S. The van der Waals surface area contributed by atoms with Crippen molar-refractivity contribution in [2.24, 2.45) is 0 Å². The quantitative estimate of drug-likeness (QED) is 0.338. The number of nitrogens with one attached hydrogen (secondary N) is 2. The van der Waals surface area contributed by atoms with Crippen LogP contribution in [0.1, 0.15) is 42.9 Å². The maximum absolute atomic E-state index is 13.5. The molecule has 1 aliphatic rings. The Hall–Kier alpha value is -3.49. The van der Waals surface area contributed by atoms with E-state index in [0.717, 1.165) is 27.6 Å². The molecule has 3 N–H and O–H groups in total. The Balaban J connectivity index is 1.80. The molecule has 2 aromatic rings. The predicted molar refractivity (Wildman–Crippen MR) is 143 cm³/mol. The van der Waals surface area contributed by atoms with Crippen molar-refractivity contribution >= 4 is 27.8 Å². The molecule has 2 aromatic carbocycles. The van der Waals surface area contributed by atoms with E-state index in [9.17, 15) is 36.0 Å². The minimum Gasteiger partial charge on any atom is -0.481 e. The molecule has 41 heavy (non-hydrogen) atoms. The average Bonchev–Trinajstić information content (AvgIpc) is 2.93. The standard InChI is InChI=1S/C27H33F3N4O6S/c1-18(2)20-5-3-19(4-6-20)15-32-26(38)23-17-33(24(35)16-31-12-11-25(36)37)13-14-34(23)41(39,40)22-9-7-21(8-10-22)27(28,29)30/h3-10,18,23,31H,11-17H2,1-2H3,(H,32,38)(H,36,37)/t23-/m1/s1. The molecule has 1 saturated heterocycles. The fourth-order valence-corrected chi connectivity index (χ4v) is 5.85. The number of sulfonamides is 1. The summed E-state index contributed by atoms with van der Waals surface area (Å²) in [5, 5.41) is 14.2. The van der Waals surface area contributed by atoms with Crippen LogP contribution < -0.4 is 10.6 Å². The van der Waals surface area contributed by atoms with Crippen LogP contribution in [-0.4, -0.2) is 79.3 Å². The Kier molecular flexibility index (Phi) is 10.5. The van der Waals surface area contributed by atoms with E-state index in [-0.39, 0.29) is 45.7 Å². The van der Waals surface area contributed by atoms with Crippen molar-refractivity contribution in [2.75, 3.05) is 32.7 Å². The number of hydrogen-bond donors (Lipinski definition) is 3. The number of carbonyl (C=O) groups excluding carboxylic acids is 2. The van der Waals surface area contributed by atoms with Crippen molar-refractivity contribution in [3.05, 3.63) is 65.2 Å². The van der Waals surface area contributed by atoms with Gasteiger partial charge in [-0.3, -0.25) is 14.4 Å². The van der Waals surface area contributed by atoms with E-state index in [4.69, 9.17) is 5.11 Å². The molecule has 3 rings (SSSR count). The van der Waals surface area contributed by atoms with Gasteiger partial charge >= 0.3 is 12.1 Å². The summed E-state index contributed by atoms with van der Waals surface area (Å²) >= 11 is 0. The number of benzene rings is 2. The summed E-state index contributed by atoms with van der Waals surface area (Å²) < 4.78 is 66.9. The van der Waals surface area contributed by atoms with Crippen molar-refractivity contribution in [2.45, 2.75) is 49.8 Å². The first kappa shape index (κ1) is 32.0. The highest BCUT2D eigenvalue weighted by Crippen LogP contribution is 2.31. The zero-order valence-electron chi connectivity index (χ0n) is 22.6. The number of rotatable bonds is 11. The molecule has 2 amide bonds. The maximum atomic E-state index is 13.5. The van der Waals surface area contributed by atoms with Gasteiger partial charge in [-0.1, -0.05) is 38.1 Å². The second kappa shape index (κ2) is 13.4. The number of hydrogen-bond acceptors (Lipinski definition) is 6. The Morgan fingerprint density at radius 2 is 1.66 bits per heavy atom. The number of aliphatic carboxylic acids is 1. The van der Waals surface area contributed by atoms with Crippen LogP contribution >= 0.6 is 0 Å². The minimum absolute atomic E-state index is 0.0445. The molecule has 10 nitrogen and oxygen atoms in total. The second-order valence-electron chi connectivity index (χ2n) is 9.93. The molecule has 0 radical (unpaired) electrons. The lowest BCUT2D eigenvalue weighted by atomic mass is 10.0. The summed E-state index contributed by atoms with van der Waals surface area (Å²) in [7, 11) is -4.41. The first-order valence-corrected chi connectivity index (χ1v) is 14.4. The largest absolute Gasteiger partial charge is 0.481 e. The molecule has 14 heteroatoms. The van der Waals surface area contributed by atoms with Crippen molar-refractivity contribution in [1.29, 1.82) is 0 Å². The molecule has 0 unspecified atom stereocenters. The summed E-state index contributed by atoms with van der Waals surface area (Å²) in [5.74, 6) is -1.86. The van der Waals surface area contributed by atoms with Crippen LogP contribution in [0.25, 0.3) is 0 Å². The Morgan fingerprint density at radius 3 is 2.22 bits per heavy atom. The third kappa shape index (κ3) is 8.50. The molecule has 1 atom stereocenters. The number of amides is 2. The van der Waals surface area contributed by atoms with Crippen LogP contribution in [0.3, 0.4) is 0 Å². The van der Waals surface area contributed by atoms with Gasteiger partial charge < -0.3 is 20.6 Å². The molecule has 0 saturated carbocycles. The highest BCUT2D eigenvalue weighted by atomic mass is 32.2. The first-order valence-electron chi connectivity index (χ1n) is 13.0. The predicted octanol–water partition coefficient (Wildman–Crippen LogP) is 2.41. The molecule has 224 valence electrons. The number of carbonyl (C=O) groups is 3. The number of carboxylic acid groups (broad SMARTS) is 1. The van der Waals surface area contributed by atoms with E-state index in [2.05, 4.69) is 10.6 Å². The summed E-state index contributed by atoms with van der Waals surface area (Å²) in [6.45, 7) is 3.37. The average molecular weight is 599 g/mol. The van der Waals surface area contributed by atoms with Gasteiger partial charge in [-0.05, 0) is 41.3 Å². The third-order valence-electron chi connectivity index (χ3n) is 6.68. The Bertz CT molecular complexity index is 1330. The highest BCUT2D eigenvalue weighted by Gasteiger charge is 2.41. The van der Waals surface area contributed by atoms with Crippen LogP contribution in [0.4, 0.5) is 13.2 Å². The highest BCUT2D eigenvalue weighted by molar-refractivity contribution is 7.89. The normalized spacial score (nSPS) is 16.5. The zero-order valence-corrected chi connectivity index (χ0v) is 23.5. The number of halogens is 3. The molecule has 1 aliphatic heterocycles. The van der Waals surface area contributed by atoms with Crippen molar-refractivity contribution in [1.82, 2.24) is 19.8 Å². The fraction of sp³-hybridized carbons (Fsp3) is 0.444. The van der Waals surface area contributed by atoms with Gasteiger partial charge in [0, 0.05) is 32.7 Å². The van der Waals surface area contributed by atoms with Gasteiger partial charge in [-0.15, -0.1) is 0 Å². The van der Waals surface area contributed by atoms with Gasteiger partial charge in [0.25, 0.3) is 0 Å². The number of alkyl halides is 3. The molecule has 0 bridgehead atoms. The van der Waals surface area contributed by atoms with Gasteiger partial charge in [-0.25, -0.2) is 8.42 Å². The molecule has 1 heterocycles. The SMILES string of the molecule is CC(C)c1ccc(CNC(=O)[C@H]2CN(C(=O)CNCCC(=O)O)CCN2S(=O)(=O)c2ccc(C(F)(F)F)cc2)cc1. The van der Waals surface area contributed by atoms with Crippen molar-refractivity contribution in [3.8, 4) is 0 Å². The summed E-state index contributed by atoms with van der Waals surface area (Å²) in [6.07, 6.45) is -4.85. The van der Waals surface area contributed by atoms with Crippen LogP contribution in [-0.2, 0) is 37.1 Å². The van der Waals surface area contributed by atoms with Gasteiger partial charge in [-0.2, -0.15) is 17.5 Å². The van der Waals surface area contributed by atoms with Gasteiger partial charge in [0.1, 0.15) is 6.04 Å². The van der Waals surface area contributed by atoms with E-state index < -0.39 is 50.5 Å². The lowest BCUT2D eigenvalue weighted by Crippen LogP contribution is -2.62. The lowest BCUT2D eigenvalue weighted by molar-refractivity contribution is -0.138. The number of nitrogens with zero attached hydrogens (tertiary/aromatic N) is 2. The van der Waals surface area contributed by atoms with Gasteiger partial charge in [0.15, 0.2) is 0 Å². The van der Waals surface area contributed by atoms with Crippen LogP contribution in [0.2, 0.25) is 0 Å². The second-order valence-corrected chi connectivity index (χ2v) is 11.8. The topological polar surface area (TPSA) is 136 Å². The van der Waals surface area contributed by atoms with E-state index in [0.29, 0.717) is 18.1 Å². The van der Waals surface area contributed by atoms with Crippen LogP contribution in [0.15, 0.2) is 53.4 Å². The summed E-state index contributed by atoms with van der Waals surface area (Å²) in [4.78, 5) is 37.7. The maximum Gasteiger partial charge on any atom is 0.416 e. The lowest BCUT2D eigenvalue weighted by Gasteiger charge is -2.39. The molecule has 1 fully saturated rings. The molecule has 0 aromatic heterocycles. The van der Waals surface area contributed by atoms with Crippen LogP contribution in [0, 0.1) is 0 Å². The Morgan fingerprint density at radius 1 is 1.02 bits per heavy atom. The number of piperazine rings is 1. The van der Waals surface area contributed by atoms with Crippen LogP contribution in [0.5, 0.6) is 0 Å². The van der Waals surface area contributed by atoms with E-state index in [1.165, 1.54) is 4.90 Å². The first-order chi connectivity index (χ1) is 19.2. The van der Waals surface area contributed by atoms with E-state index in [1.807, 2.05) is 38.1 Å². The van der Waals surface area contributed by atoms with E-state index in [1.54, 1.807) is 0 Å². The molecular weight excluding hydrogens is 565 g/mol. The van der Waals surface area contributed by atoms with Crippen molar-refractivity contribution < 1.29 is 41.1 Å². The Labute approximate surface area is 236 Å². The fourth-order valence-electron chi connectivity index (χ4n) is 4.28. The molecule has 0 aliphatic carbocycles. The third-order valence-corrected chi connectivity index (χ3v) is 8.60. The monoisotopic (exact) mass is 598 g/mol. The summed E-state index contributed by atoms with van der Waals surface area (Å²) in [5.41, 5.74) is 0.860. The smallest absolute Gasteiger partial charge is 0.416 e. The van der Waals surface area contributed by atoms with Crippen molar-refractivity contribution in [3.63, 3.8) is 0 Å². The van der Waals surface area contributed by atoms with Gasteiger partial charge in [0.2, 0.25) is 21.8 Å². The van der Waals surface area contributed by atoms with E-state index >= 15 is 0 Å². The zero-order chi connectivity index (χ0) is 30.4. The molecule has 0 spiro atoms. The minimum atomic E-state index is -4.65. The van der Waals surface area contributed by atoms with Gasteiger partial charge in [0.05, 0.1) is 23.4 Å². The number of carboxylic acids is 1.